The molecular formula is C14H15ClN2O2S. The topological polar surface area (TPSA) is 52.0 Å². The van der Waals surface area contributed by atoms with Crippen LogP contribution >= 0.6 is 11.6 Å². The number of aromatic nitrogens is 2. The van der Waals surface area contributed by atoms with E-state index in [1.807, 2.05) is 36.5 Å². The highest BCUT2D eigenvalue weighted by Gasteiger charge is 2.34. The molecule has 0 bridgehead atoms. The summed E-state index contributed by atoms with van der Waals surface area (Å²) in [6.45, 7) is 0. The lowest BCUT2D eigenvalue weighted by Gasteiger charge is -2.13. The van der Waals surface area contributed by atoms with Crippen molar-refractivity contribution in [2.75, 3.05) is 11.5 Å². The van der Waals surface area contributed by atoms with Gasteiger partial charge in [-0.2, -0.15) is 5.10 Å². The Morgan fingerprint density at radius 2 is 2.05 bits per heavy atom. The quantitative estimate of drug-likeness (QED) is 0.819. The average Bonchev–Trinajstić information content (AvgIpc) is 3.05. The second kappa shape index (κ2) is 5.22. The van der Waals surface area contributed by atoms with E-state index >= 15 is 0 Å². The minimum absolute atomic E-state index is 0.0184. The molecule has 0 aliphatic carbocycles. The number of sulfone groups is 1. The van der Waals surface area contributed by atoms with E-state index in [0.717, 1.165) is 11.3 Å². The highest BCUT2D eigenvalue weighted by Crippen LogP contribution is 2.36. The monoisotopic (exact) mass is 310 g/mol. The smallest absolute Gasteiger partial charge is 0.150 e. The third kappa shape index (κ3) is 2.74. The number of halogens is 1. The van der Waals surface area contributed by atoms with Crippen LogP contribution in [-0.2, 0) is 9.84 Å². The molecule has 2 aromatic rings. The van der Waals surface area contributed by atoms with Gasteiger partial charge >= 0.3 is 0 Å². The van der Waals surface area contributed by atoms with Crippen molar-refractivity contribution in [3.8, 4) is 5.69 Å². The zero-order valence-electron chi connectivity index (χ0n) is 10.8. The number of hydrogen-bond acceptors (Lipinski definition) is 3. The average molecular weight is 311 g/mol. The van der Waals surface area contributed by atoms with E-state index < -0.39 is 9.84 Å². The van der Waals surface area contributed by atoms with Crippen molar-refractivity contribution in [3.05, 3.63) is 48.3 Å². The molecular weight excluding hydrogens is 296 g/mol. The Morgan fingerprint density at radius 1 is 1.30 bits per heavy atom. The molecule has 1 aliphatic rings. The number of nitrogens with zero attached hydrogens (tertiary/aromatic N) is 2. The summed E-state index contributed by atoms with van der Waals surface area (Å²) in [4.78, 5) is 0. The molecule has 1 saturated heterocycles. The summed E-state index contributed by atoms with van der Waals surface area (Å²) in [7, 11) is -2.91. The predicted octanol–water partition coefficient (Wildman–Crippen LogP) is 2.59. The van der Waals surface area contributed by atoms with E-state index in [4.69, 9.17) is 11.6 Å². The van der Waals surface area contributed by atoms with Crippen molar-refractivity contribution in [1.82, 2.24) is 9.78 Å². The Morgan fingerprint density at radius 3 is 2.70 bits per heavy atom. The van der Waals surface area contributed by atoms with Gasteiger partial charge < -0.3 is 0 Å². The Hall–Kier alpha value is -1.33. The molecule has 0 radical (unpaired) electrons. The van der Waals surface area contributed by atoms with Crippen LogP contribution in [0.2, 0.25) is 0 Å². The van der Waals surface area contributed by atoms with E-state index in [-0.39, 0.29) is 22.8 Å². The van der Waals surface area contributed by atoms with Crippen LogP contribution in [0.5, 0.6) is 0 Å². The van der Waals surface area contributed by atoms with Crippen molar-refractivity contribution in [1.29, 1.82) is 0 Å². The second-order valence-electron chi connectivity index (χ2n) is 5.12. The fraction of sp³-hybridized carbons (Fsp3) is 0.357. The number of para-hydroxylation sites is 1. The first-order valence-corrected chi connectivity index (χ1v) is 8.75. The molecule has 0 spiro atoms. The summed E-state index contributed by atoms with van der Waals surface area (Å²) in [6.07, 6.45) is 4.22. The Kier molecular flexibility index (Phi) is 3.56. The van der Waals surface area contributed by atoms with Crippen LogP contribution in [0, 0.1) is 5.92 Å². The van der Waals surface area contributed by atoms with Gasteiger partial charge in [0, 0.05) is 11.8 Å². The van der Waals surface area contributed by atoms with Crippen LogP contribution in [0.3, 0.4) is 0 Å². The number of hydrogen-bond donors (Lipinski definition) is 0. The first-order valence-electron chi connectivity index (χ1n) is 6.50. The summed E-state index contributed by atoms with van der Waals surface area (Å²) in [5.41, 5.74) is 1.83. The highest BCUT2D eigenvalue weighted by atomic mass is 35.5. The molecule has 1 aromatic carbocycles. The lowest BCUT2D eigenvalue weighted by molar-refractivity contribution is 0.569. The van der Waals surface area contributed by atoms with E-state index in [0.29, 0.717) is 6.42 Å². The molecule has 1 fully saturated rings. The second-order valence-corrected chi connectivity index (χ2v) is 7.82. The SMILES string of the molecule is O=S1(=O)CCC(C(Cl)c2cnn(-c3ccccc3)c2)C1. The maximum absolute atomic E-state index is 11.5. The van der Waals surface area contributed by atoms with Crippen LogP contribution in [0.4, 0.5) is 0 Å². The third-order valence-electron chi connectivity index (χ3n) is 3.62. The van der Waals surface area contributed by atoms with Crippen molar-refractivity contribution < 1.29 is 8.42 Å². The number of alkyl halides is 1. The van der Waals surface area contributed by atoms with Crippen molar-refractivity contribution in [3.63, 3.8) is 0 Å². The van der Waals surface area contributed by atoms with Gasteiger partial charge in [0.05, 0.1) is 28.8 Å². The fourth-order valence-corrected chi connectivity index (χ4v) is 4.80. The zero-order chi connectivity index (χ0) is 14.2. The van der Waals surface area contributed by atoms with Crippen molar-refractivity contribution >= 4 is 21.4 Å². The van der Waals surface area contributed by atoms with Gasteiger partial charge in [0.25, 0.3) is 0 Å². The lowest BCUT2D eigenvalue weighted by Crippen LogP contribution is -2.10. The minimum Gasteiger partial charge on any atom is -0.241 e. The molecule has 106 valence electrons. The normalized spacial score (nSPS) is 22.8. The summed E-state index contributed by atoms with van der Waals surface area (Å²) >= 11 is 6.42. The lowest BCUT2D eigenvalue weighted by atomic mass is 10.0. The third-order valence-corrected chi connectivity index (χ3v) is 6.03. The van der Waals surface area contributed by atoms with E-state index in [2.05, 4.69) is 5.10 Å². The van der Waals surface area contributed by atoms with Gasteiger partial charge in [-0.3, -0.25) is 0 Å². The first-order chi connectivity index (χ1) is 9.55. The maximum Gasteiger partial charge on any atom is 0.150 e. The number of benzene rings is 1. The molecule has 0 amide bonds. The van der Waals surface area contributed by atoms with Crippen LogP contribution in [0.15, 0.2) is 42.7 Å². The largest absolute Gasteiger partial charge is 0.241 e. The number of rotatable bonds is 3. The first kappa shape index (κ1) is 13.6. The molecule has 2 unspecified atom stereocenters. The highest BCUT2D eigenvalue weighted by molar-refractivity contribution is 7.91. The summed E-state index contributed by atoms with van der Waals surface area (Å²) in [5.74, 6) is 0.404. The molecule has 2 heterocycles. The van der Waals surface area contributed by atoms with E-state index in [1.54, 1.807) is 10.9 Å². The summed E-state index contributed by atoms with van der Waals surface area (Å²) in [6, 6.07) is 9.75. The molecule has 1 aromatic heterocycles. The Labute approximate surface area is 123 Å². The molecule has 2 atom stereocenters. The maximum atomic E-state index is 11.5. The van der Waals surface area contributed by atoms with E-state index in [1.165, 1.54) is 0 Å². The van der Waals surface area contributed by atoms with Crippen molar-refractivity contribution in [2.24, 2.45) is 5.92 Å². The van der Waals surface area contributed by atoms with Gasteiger partial charge in [0.2, 0.25) is 0 Å². The van der Waals surface area contributed by atoms with Gasteiger partial charge in [-0.25, -0.2) is 13.1 Å². The van der Waals surface area contributed by atoms with Crippen LogP contribution in [0.1, 0.15) is 17.4 Å². The zero-order valence-corrected chi connectivity index (χ0v) is 12.4. The van der Waals surface area contributed by atoms with Gasteiger partial charge in [0.15, 0.2) is 9.84 Å². The molecule has 4 nitrogen and oxygen atoms in total. The Balaban J connectivity index is 1.80. The molecule has 20 heavy (non-hydrogen) atoms. The molecule has 0 saturated carbocycles. The fourth-order valence-electron chi connectivity index (χ4n) is 2.53. The summed E-state index contributed by atoms with van der Waals surface area (Å²) < 4.78 is 24.8. The van der Waals surface area contributed by atoms with E-state index in [9.17, 15) is 8.42 Å². The Bertz CT molecular complexity index is 697. The van der Waals surface area contributed by atoms with Gasteiger partial charge in [-0.15, -0.1) is 11.6 Å². The van der Waals surface area contributed by atoms with Crippen LogP contribution in [0.25, 0.3) is 5.69 Å². The standard InChI is InChI=1S/C14H15ClN2O2S/c15-14(11-6-7-20(18,19)10-11)12-8-16-17(9-12)13-4-2-1-3-5-13/h1-5,8-9,11,14H,6-7,10H2. The van der Waals surface area contributed by atoms with Gasteiger partial charge in [0.1, 0.15) is 0 Å². The van der Waals surface area contributed by atoms with Gasteiger partial charge in [-0.05, 0) is 24.5 Å². The predicted molar refractivity (Wildman–Crippen MR) is 78.9 cm³/mol. The van der Waals surface area contributed by atoms with Crippen molar-refractivity contribution in [2.45, 2.75) is 11.8 Å². The van der Waals surface area contributed by atoms with Crippen LogP contribution < -0.4 is 0 Å². The summed E-state index contributed by atoms with van der Waals surface area (Å²) in [5, 5.41) is 4.00. The minimum atomic E-state index is -2.91. The molecule has 0 N–H and O–H groups in total. The van der Waals surface area contributed by atoms with Crippen LogP contribution in [-0.4, -0.2) is 29.7 Å². The molecule has 6 heteroatoms. The molecule has 3 rings (SSSR count). The van der Waals surface area contributed by atoms with Gasteiger partial charge in [-0.1, -0.05) is 18.2 Å². The molecule has 1 aliphatic heterocycles.